The lowest BCUT2D eigenvalue weighted by molar-refractivity contribution is -0.133. The number of halogens is 1. The highest BCUT2D eigenvalue weighted by molar-refractivity contribution is 5.84. The number of nitrogens with zero attached hydrogens (tertiary/aromatic N) is 1. The van der Waals surface area contributed by atoms with Crippen LogP contribution in [0, 0.1) is 12.7 Å². The van der Waals surface area contributed by atoms with Crippen LogP contribution in [-0.2, 0) is 4.79 Å². The van der Waals surface area contributed by atoms with Gasteiger partial charge in [-0.15, -0.1) is 0 Å². The van der Waals surface area contributed by atoms with Crippen LogP contribution in [0.4, 0.5) is 4.39 Å². The zero-order valence-corrected chi connectivity index (χ0v) is 9.66. The molecule has 2 rings (SSSR count). The van der Waals surface area contributed by atoms with E-state index in [-0.39, 0.29) is 17.6 Å². The molecule has 3 heteroatoms. The van der Waals surface area contributed by atoms with Crippen molar-refractivity contribution in [3.05, 3.63) is 35.1 Å². The van der Waals surface area contributed by atoms with E-state index < -0.39 is 0 Å². The summed E-state index contributed by atoms with van der Waals surface area (Å²) in [6, 6.07) is 5.10. The quantitative estimate of drug-likeness (QED) is 0.713. The average molecular weight is 221 g/mol. The zero-order valence-electron chi connectivity index (χ0n) is 9.66. The molecule has 1 unspecified atom stereocenters. The van der Waals surface area contributed by atoms with Gasteiger partial charge in [-0.25, -0.2) is 4.39 Å². The van der Waals surface area contributed by atoms with Gasteiger partial charge < -0.3 is 4.90 Å². The molecule has 16 heavy (non-hydrogen) atoms. The number of carbonyl (C=O) groups excluding carboxylic acids is 1. The number of rotatable bonds is 1. The van der Waals surface area contributed by atoms with Crippen molar-refractivity contribution in [2.75, 3.05) is 13.6 Å². The van der Waals surface area contributed by atoms with Crippen molar-refractivity contribution in [2.45, 2.75) is 25.7 Å². The molecule has 0 N–H and O–H groups in total. The second-order valence-corrected chi connectivity index (χ2v) is 4.46. The summed E-state index contributed by atoms with van der Waals surface area (Å²) in [6.07, 6.45) is 1.81. The van der Waals surface area contributed by atoms with E-state index in [1.54, 1.807) is 24.9 Å². The Labute approximate surface area is 95.1 Å². The maximum absolute atomic E-state index is 13.4. The molecule has 1 atom stereocenters. The Kier molecular flexibility index (Phi) is 2.95. The van der Waals surface area contributed by atoms with Crippen molar-refractivity contribution < 1.29 is 9.18 Å². The minimum absolute atomic E-state index is 0.106. The van der Waals surface area contributed by atoms with Gasteiger partial charge in [-0.3, -0.25) is 4.79 Å². The van der Waals surface area contributed by atoms with Gasteiger partial charge in [0.2, 0.25) is 5.91 Å². The molecule has 0 spiro atoms. The van der Waals surface area contributed by atoms with E-state index in [0.29, 0.717) is 5.56 Å². The first-order chi connectivity index (χ1) is 7.59. The van der Waals surface area contributed by atoms with Crippen molar-refractivity contribution in [3.8, 4) is 0 Å². The van der Waals surface area contributed by atoms with Crippen LogP contribution in [0.25, 0.3) is 0 Å². The molecule has 86 valence electrons. The molecule has 1 fully saturated rings. The Morgan fingerprint density at radius 2 is 2.19 bits per heavy atom. The number of carbonyl (C=O) groups is 1. The van der Waals surface area contributed by atoms with E-state index in [2.05, 4.69) is 0 Å². The summed E-state index contributed by atoms with van der Waals surface area (Å²) in [4.78, 5) is 13.7. The van der Waals surface area contributed by atoms with Crippen LogP contribution in [0.5, 0.6) is 0 Å². The average Bonchev–Trinajstić information content (AvgIpc) is 2.26. The lowest BCUT2D eigenvalue weighted by Crippen LogP contribution is -2.37. The van der Waals surface area contributed by atoms with Gasteiger partial charge >= 0.3 is 0 Å². The fraction of sp³-hybridized carbons (Fsp3) is 0.462. The second kappa shape index (κ2) is 4.24. The molecular weight excluding hydrogens is 205 g/mol. The molecule has 1 aliphatic heterocycles. The van der Waals surface area contributed by atoms with Gasteiger partial charge in [0, 0.05) is 13.6 Å². The summed E-state index contributed by atoms with van der Waals surface area (Å²) in [5.41, 5.74) is 1.43. The number of hydrogen-bond acceptors (Lipinski definition) is 1. The Morgan fingerprint density at radius 1 is 1.44 bits per heavy atom. The van der Waals surface area contributed by atoms with Gasteiger partial charge in [0.05, 0.1) is 5.92 Å². The van der Waals surface area contributed by atoms with Crippen molar-refractivity contribution in [1.82, 2.24) is 4.90 Å². The monoisotopic (exact) mass is 221 g/mol. The molecule has 0 saturated carbocycles. The van der Waals surface area contributed by atoms with Gasteiger partial charge in [-0.2, -0.15) is 0 Å². The van der Waals surface area contributed by atoms with Crippen molar-refractivity contribution >= 4 is 5.91 Å². The van der Waals surface area contributed by atoms with Gasteiger partial charge in [-0.1, -0.05) is 12.1 Å². The van der Waals surface area contributed by atoms with E-state index in [9.17, 15) is 9.18 Å². The Bertz CT molecular complexity index is 416. The Morgan fingerprint density at radius 3 is 2.88 bits per heavy atom. The molecule has 1 saturated heterocycles. The van der Waals surface area contributed by atoms with Gasteiger partial charge in [0.1, 0.15) is 5.82 Å². The summed E-state index contributed by atoms with van der Waals surface area (Å²) >= 11 is 0. The summed E-state index contributed by atoms with van der Waals surface area (Å²) in [7, 11) is 1.80. The minimum atomic E-state index is -0.224. The number of benzene rings is 1. The van der Waals surface area contributed by atoms with Gasteiger partial charge in [-0.05, 0) is 37.0 Å². The maximum Gasteiger partial charge on any atom is 0.229 e. The highest BCUT2D eigenvalue weighted by Crippen LogP contribution is 2.28. The van der Waals surface area contributed by atoms with Crippen LogP contribution < -0.4 is 0 Å². The first-order valence-electron chi connectivity index (χ1n) is 5.60. The van der Waals surface area contributed by atoms with Crippen LogP contribution in [0.15, 0.2) is 18.2 Å². The second-order valence-electron chi connectivity index (χ2n) is 4.46. The van der Waals surface area contributed by atoms with Gasteiger partial charge in [0.15, 0.2) is 0 Å². The van der Waals surface area contributed by atoms with Crippen LogP contribution in [-0.4, -0.2) is 24.4 Å². The minimum Gasteiger partial charge on any atom is -0.345 e. The van der Waals surface area contributed by atoms with E-state index in [4.69, 9.17) is 0 Å². The summed E-state index contributed by atoms with van der Waals surface area (Å²) in [6.45, 7) is 2.54. The third kappa shape index (κ3) is 1.94. The number of likely N-dealkylation sites (tertiary alicyclic amines) is 1. The SMILES string of the molecule is Cc1ccc(C2CCCN(C)C2=O)cc1F. The molecule has 1 amide bonds. The molecule has 1 aromatic rings. The maximum atomic E-state index is 13.4. The molecule has 1 heterocycles. The number of aryl methyl sites for hydroxylation is 1. The van der Waals surface area contributed by atoms with Crippen LogP contribution in [0.1, 0.15) is 29.9 Å². The van der Waals surface area contributed by atoms with Crippen LogP contribution in [0.2, 0.25) is 0 Å². The third-order valence-corrected chi connectivity index (χ3v) is 3.26. The lowest BCUT2D eigenvalue weighted by Gasteiger charge is -2.29. The molecule has 0 radical (unpaired) electrons. The van der Waals surface area contributed by atoms with Crippen molar-refractivity contribution in [2.24, 2.45) is 0 Å². The normalized spacial score (nSPS) is 21.3. The van der Waals surface area contributed by atoms with E-state index in [1.165, 1.54) is 6.07 Å². The standard InChI is InChI=1S/C13H16FNO/c1-9-5-6-10(8-12(9)14)11-4-3-7-15(2)13(11)16/h5-6,8,11H,3-4,7H2,1-2H3. The van der Waals surface area contributed by atoms with E-state index in [0.717, 1.165) is 24.9 Å². The smallest absolute Gasteiger partial charge is 0.229 e. The number of amides is 1. The zero-order chi connectivity index (χ0) is 11.7. The predicted molar refractivity (Wildman–Crippen MR) is 60.7 cm³/mol. The molecule has 1 aromatic carbocycles. The molecule has 0 bridgehead atoms. The molecule has 0 aliphatic carbocycles. The lowest BCUT2D eigenvalue weighted by atomic mass is 9.89. The van der Waals surface area contributed by atoms with E-state index >= 15 is 0 Å². The van der Waals surface area contributed by atoms with E-state index in [1.807, 2.05) is 6.07 Å². The fourth-order valence-corrected chi connectivity index (χ4v) is 2.17. The third-order valence-electron chi connectivity index (χ3n) is 3.26. The molecular formula is C13H16FNO. The Balaban J connectivity index is 2.29. The Hall–Kier alpha value is -1.38. The topological polar surface area (TPSA) is 20.3 Å². The van der Waals surface area contributed by atoms with Gasteiger partial charge in [0.25, 0.3) is 0 Å². The predicted octanol–water partition coefficient (Wildman–Crippen LogP) is 2.47. The van der Waals surface area contributed by atoms with Crippen LogP contribution >= 0.6 is 0 Å². The highest BCUT2D eigenvalue weighted by atomic mass is 19.1. The number of piperidine rings is 1. The largest absolute Gasteiger partial charge is 0.345 e. The molecule has 1 aliphatic rings. The van der Waals surface area contributed by atoms with Crippen molar-refractivity contribution in [3.63, 3.8) is 0 Å². The molecule has 0 aromatic heterocycles. The fourth-order valence-electron chi connectivity index (χ4n) is 2.17. The first kappa shape index (κ1) is 11.1. The summed E-state index contributed by atoms with van der Waals surface area (Å²) < 4.78 is 13.4. The highest BCUT2D eigenvalue weighted by Gasteiger charge is 2.27. The summed E-state index contributed by atoms with van der Waals surface area (Å²) in [5, 5.41) is 0. The van der Waals surface area contributed by atoms with Crippen molar-refractivity contribution in [1.29, 1.82) is 0 Å². The van der Waals surface area contributed by atoms with Crippen LogP contribution in [0.3, 0.4) is 0 Å². The summed E-state index contributed by atoms with van der Waals surface area (Å²) in [5.74, 6) is -0.276. The molecule has 2 nitrogen and oxygen atoms in total. The first-order valence-corrected chi connectivity index (χ1v) is 5.60. The number of hydrogen-bond donors (Lipinski definition) is 0. The number of likely N-dealkylation sites (N-methyl/N-ethyl adjacent to an activating group) is 1.